The molecule has 0 saturated carbocycles. The minimum atomic E-state index is 0.227. The van der Waals surface area contributed by atoms with E-state index in [0.717, 1.165) is 15.9 Å². The Morgan fingerprint density at radius 2 is 1.61 bits per heavy atom. The molecule has 0 atom stereocenters. The van der Waals surface area contributed by atoms with E-state index in [1.165, 1.54) is 4.90 Å². The molecule has 112 valence electrons. The number of para-hydroxylation sites is 1. The van der Waals surface area contributed by atoms with Gasteiger partial charge >= 0.3 is 0 Å². The van der Waals surface area contributed by atoms with E-state index in [-0.39, 0.29) is 5.75 Å². The largest absolute Gasteiger partial charge is 0.507 e. The van der Waals surface area contributed by atoms with E-state index in [2.05, 4.69) is 34.2 Å². The highest BCUT2D eigenvalue weighted by Gasteiger charge is 2.09. The number of phenolic OH excluding ortho intramolecular Hbond substituents is 1. The predicted molar refractivity (Wildman–Crippen MR) is 93.8 cm³/mol. The highest BCUT2D eigenvalue weighted by molar-refractivity contribution is 7.99. The van der Waals surface area contributed by atoms with Crippen molar-refractivity contribution in [1.82, 2.24) is 9.97 Å². The molecule has 4 aromatic rings. The second-order valence-corrected chi connectivity index (χ2v) is 6.34. The van der Waals surface area contributed by atoms with Crippen LogP contribution in [0.5, 0.6) is 5.75 Å². The average molecular weight is 318 g/mol. The zero-order valence-corrected chi connectivity index (χ0v) is 13.0. The van der Waals surface area contributed by atoms with Crippen molar-refractivity contribution in [3.8, 4) is 17.1 Å². The zero-order chi connectivity index (χ0) is 15.6. The van der Waals surface area contributed by atoms with Crippen LogP contribution < -0.4 is 0 Å². The van der Waals surface area contributed by atoms with E-state index in [0.29, 0.717) is 11.4 Å². The zero-order valence-electron chi connectivity index (χ0n) is 12.2. The van der Waals surface area contributed by atoms with Gasteiger partial charge in [-0.05, 0) is 42.5 Å². The Morgan fingerprint density at radius 3 is 2.43 bits per heavy atom. The summed E-state index contributed by atoms with van der Waals surface area (Å²) >= 11 is 1.71. The number of benzene rings is 3. The standard InChI is InChI=1S/C19H14N2OS/c22-18-9-5-4-8-15(18)19-20-16-11-10-14(12-17(16)21-19)23-13-6-2-1-3-7-13/h1-12,22H,(H,20,21). The molecule has 0 amide bonds. The van der Waals surface area contributed by atoms with Crippen LogP contribution in [-0.2, 0) is 0 Å². The number of fused-ring (bicyclic) bond motifs is 1. The Hall–Kier alpha value is -2.72. The Labute approximate surface area is 138 Å². The first-order chi connectivity index (χ1) is 11.3. The number of aromatic nitrogens is 2. The first kappa shape index (κ1) is 13.9. The van der Waals surface area contributed by atoms with Gasteiger partial charge in [0.05, 0.1) is 16.6 Å². The molecule has 0 bridgehead atoms. The number of hydrogen-bond donors (Lipinski definition) is 2. The van der Waals surface area contributed by atoms with Gasteiger partial charge in [0.15, 0.2) is 0 Å². The molecule has 0 saturated heterocycles. The summed E-state index contributed by atoms with van der Waals surface area (Å²) in [5.41, 5.74) is 2.56. The molecule has 4 heteroatoms. The summed E-state index contributed by atoms with van der Waals surface area (Å²) in [6.45, 7) is 0. The normalized spacial score (nSPS) is 11.0. The number of aromatic hydroxyl groups is 1. The summed E-state index contributed by atoms with van der Waals surface area (Å²) in [5.74, 6) is 0.908. The Bertz CT molecular complexity index is 963. The molecule has 3 nitrogen and oxygen atoms in total. The van der Waals surface area contributed by atoms with E-state index >= 15 is 0 Å². The van der Waals surface area contributed by atoms with Gasteiger partial charge in [-0.2, -0.15) is 0 Å². The van der Waals surface area contributed by atoms with E-state index in [9.17, 15) is 5.11 Å². The van der Waals surface area contributed by atoms with Crippen molar-refractivity contribution in [2.24, 2.45) is 0 Å². The second-order valence-electron chi connectivity index (χ2n) is 5.20. The molecule has 1 heterocycles. The fourth-order valence-electron chi connectivity index (χ4n) is 2.48. The summed E-state index contributed by atoms with van der Waals surface area (Å²) in [7, 11) is 0. The maximum Gasteiger partial charge on any atom is 0.142 e. The number of imidazole rings is 1. The number of nitrogens with one attached hydrogen (secondary N) is 1. The molecule has 2 N–H and O–H groups in total. The molecule has 1 aromatic heterocycles. The molecule has 0 radical (unpaired) electrons. The third-order valence-corrected chi connectivity index (χ3v) is 4.59. The molecular formula is C19H14N2OS. The van der Waals surface area contributed by atoms with Crippen molar-refractivity contribution < 1.29 is 5.11 Å². The number of phenols is 1. The number of rotatable bonds is 3. The van der Waals surface area contributed by atoms with Gasteiger partial charge in [-0.1, -0.05) is 42.1 Å². The van der Waals surface area contributed by atoms with Gasteiger partial charge in [-0.15, -0.1) is 0 Å². The van der Waals surface area contributed by atoms with Gasteiger partial charge in [0, 0.05) is 9.79 Å². The topological polar surface area (TPSA) is 48.9 Å². The van der Waals surface area contributed by atoms with Crippen LogP contribution in [0.1, 0.15) is 0 Å². The van der Waals surface area contributed by atoms with E-state index in [4.69, 9.17) is 0 Å². The van der Waals surface area contributed by atoms with Crippen LogP contribution in [-0.4, -0.2) is 15.1 Å². The molecule has 4 rings (SSSR count). The third kappa shape index (κ3) is 2.81. The lowest BCUT2D eigenvalue weighted by molar-refractivity contribution is 0.477. The van der Waals surface area contributed by atoms with Crippen LogP contribution in [0.4, 0.5) is 0 Å². The SMILES string of the molecule is Oc1ccccc1-c1nc2ccc(Sc3ccccc3)cc2[nH]1. The van der Waals surface area contributed by atoms with Crippen LogP contribution in [0.25, 0.3) is 22.4 Å². The van der Waals surface area contributed by atoms with E-state index in [1.807, 2.05) is 36.4 Å². The van der Waals surface area contributed by atoms with Crippen molar-refractivity contribution in [3.05, 3.63) is 72.8 Å². The van der Waals surface area contributed by atoms with Gasteiger partial charge < -0.3 is 10.1 Å². The molecule has 0 aliphatic carbocycles. The Kier molecular flexibility index (Phi) is 3.52. The van der Waals surface area contributed by atoms with Crippen molar-refractivity contribution >= 4 is 22.8 Å². The lowest BCUT2D eigenvalue weighted by Gasteiger charge is -2.01. The number of H-pyrrole nitrogens is 1. The van der Waals surface area contributed by atoms with Crippen LogP contribution >= 0.6 is 11.8 Å². The summed E-state index contributed by atoms with van der Waals surface area (Å²) in [4.78, 5) is 10.2. The van der Waals surface area contributed by atoms with Crippen LogP contribution in [0.3, 0.4) is 0 Å². The van der Waals surface area contributed by atoms with Crippen molar-refractivity contribution in [1.29, 1.82) is 0 Å². The van der Waals surface area contributed by atoms with Gasteiger partial charge in [0.2, 0.25) is 0 Å². The lowest BCUT2D eigenvalue weighted by atomic mass is 10.2. The molecule has 0 spiro atoms. The highest BCUT2D eigenvalue weighted by atomic mass is 32.2. The molecule has 3 aromatic carbocycles. The number of hydrogen-bond acceptors (Lipinski definition) is 3. The van der Waals surface area contributed by atoms with Gasteiger partial charge in [-0.3, -0.25) is 0 Å². The maximum atomic E-state index is 9.97. The minimum absolute atomic E-state index is 0.227. The minimum Gasteiger partial charge on any atom is -0.507 e. The van der Waals surface area contributed by atoms with Gasteiger partial charge in [0.25, 0.3) is 0 Å². The van der Waals surface area contributed by atoms with Gasteiger partial charge in [0.1, 0.15) is 11.6 Å². The molecule has 0 unspecified atom stereocenters. The average Bonchev–Trinajstić information content (AvgIpc) is 2.99. The van der Waals surface area contributed by atoms with Crippen molar-refractivity contribution in [3.63, 3.8) is 0 Å². The quantitative estimate of drug-likeness (QED) is 0.553. The molecule has 0 aliphatic heterocycles. The fraction of sp³-hybridized carbons (Fsp3) is 0. The highest BCUT2D eigenvalue weighted by Crippen LogP contribution is 2.32. The van der Waals surface area contributed by atoms with Crippen LogP contribution in [0.15, 0.2) is 82.6 Å². The summed E-state index contributed by atoms with van der Waals surface area (Å²) < 4.78 is 0. The van der Waals surface area contributed by atoms with Crippen molar-refractivity contribution in [2.75, 3.05) is 0 Å². The fourth-order valence-corrected chi connectivity index (χ4v) is 3.36. The third-order valence-electron chi connectivity index (χ3n) is 3.59. The first-order valence-corrected chi connectivity index (χ1v) is 8.12. The molecular weight excluding hydrogens is 304 g/mol. The maximum absolute atomic E-state index is 9.97. The smallest absolute Gasteiger partial charge is 0.142 e. The number of nitrogens with zero attached hydrogens (tertiary/aromatic N) is 1. The van der Waals surface area contributed by atoms with Gasteiger partial charge in [-0.25, -0.2) is 4.98 Å². The monoisotopic (exact) mass is 318 g/mol. The molecule has 0 aliphatic rings. The molecule has 23 heavy (non-hydrogen) atoms. The summed E-state index contributed by atoms with van der Waals surface area (Å²) in [6, 6.07) is 23.6. The van der Waals surface area contributed by atoms with Crippen LogP contribution in [0, 0.1) is 0 Å². The first-order valence-electron chi connectivity index (χ1n) is 7.31. The Balaban J connectivity index is 1.71. The summed E-state index contributed by atoms with van der Waals surface area (Å²) in [6.07, 6.45) is 0. The van der Waals surface area contributed by atoms with E-state index in [1.54, 1.807) is 23.9 Å². The Morgan fingerprint density at radius 1 is 0.826 bits per heavy atom. The predicted octanol–water partition coefficient (Wildman–Crippen LogP) is 5.09. The van der Waals surface area contributed by atoms with E-state index < -0.39 is 0 Å². The second kappa shape index (κ2) is 5.82. The summed E-state index contributed by atoms with van der Waals surface area (Å²) in [5, 5.41) is 9.97. The van der Waals surface area contributed by atoms with Crippen molar-refractivity contribution in [2.45, 2.75) is 9.79 Å². The molecule has 0 fully saturated rings. The lowest BCUT2D eigenvalue weighted by Crippen LogP contribution is -1.80. The van der Waals surface area contributed by atoms with Crippen LogP contribution in [0.2, 0.25) is 0 Å². The number of aromatic amines is 1.